The quantitative estimate of drug-likeness (QED) is 0.403. The van der Waals surface area contributed by atoms with Gasteiger partial charge >= 0.3 is 0 Å². The van der Waals surface area contributed by atoms with Crippen molar-refractivity contribution in [1.82, 2.24) is 20.0 Å². The Morgan fingerprint density at radius 3 is 2.96 bits per heavy atom. The van der Waals surface area contributed by atoms with Gasteiger partial charge in [0.05, 0.1) is 25.9 Å². The standard InChI is InChI=1S/C21H29N5O.HI/c1-3-22-21(23-12-16-7-8-17-5-4-6-18(17)11-16)26-9-10-27-20(15-26)19-13-24-25(2)14-19;/h7-8,11,13-14,20H,3-6,9-10,12,15H2,1-2H3,(H,22,23);1H. The molecule has 4 rings (SSSR count). The summed E-state index contributed by atoms with van der Waals surface area (Å²) < 4.78 is 7.80. The third-order valence-corrected chi connectivity index (χ3v) is 5.37. The first-order valence-electron chi connectivity index (χ1n) is 9.97. The fourth-order valence-electron chi connectivity index (χ4n) is 3.97. The number of aromatic nitrogens is 2. The van der Waals surface area contributed by atoms with Crippen LogP contribution in [0.15, 0.2) is 35.6 Å². The van der Waals surface area contributed by atoms with Crippen molar-refractivity contribution in [1.29, 1.82) is 0 Å². The minimum absolute atomic E-state index is 0. The van der Waals surface area contributed by atoms with Crippen molar-refractivity contribution in [3.05, 3.63) is 52.8 Å². The molecule has 1 fully saturated rings. The first kappa shape index (κ1) is 21.1. The summed E-state index contributed by atoms with van der Waals surface area (Å²) >= 11 is 0. The number of rotatable bonds is 4. The zero-order valence-electron chi connectivity index (χ0n) is 16.7. The molecule has 1 saturated heterocycles. The zero-order valence-corrected chi connectivity index (χ0v) is 19.1. The topological polar surface area (TPSA) is 54.7 Å². The second kappa shape index (κ2) is 9.73. The Hall–Kier alpha value is -1.61. The van der Waals surface area contributed by atoms with Crippen LogP contribution in [0.2, 0.25) is 0 Å². The Bertz CT molecular complexity index is 819. The van der Waals surface area contributed by atoms with Crippen LogP contribution in [0.4, 0.5) is 0 Å². The molecule has 0 bridgehead atoms. The van der Waals surface area contributed by atoms with Gasteiger partial charge in [-0.2, -0.15) is 5.10 Å². The van der Waals surface area contributed by atoms with E-state index in [0.29, 0.717) is 13.2 Å². The predicted octanol–water partition coefficient (Wildman–Crippen LogP) is 3.07. The predicted molar refractivity (Wildman–Crippen MR) is 122 cm³/mol. The summed E-state index contributed by atoms with van der Waals surface area (Å²) in [5.74, 6) is 0.968. The van der Waals surface area contributed by atoms with E-state index in [4.69, 9.17) is 9.73 Å². The summed E-state index contributed by atoms with van der Waals surface area (Å²) in [6, 6.07) is 6.86. The lowest BCUT2D eigenvalue weighted by atomic mass is 10.1. The molecule has 1 N–H and O–H groups in total. The molecule has 1 atom stereocenters. The van der Waals surface area contributed by atoms with Gasteiger partial charge in [0, 0.05) is 31.9 Å². The zero-order chi connectivity index (χ0) is 18.6. The van der Waals surface area contributed by atoms with Gasteiger partial charge < -0.3 is 15.0 Å². The Kier molecular flexibility index (Phi) is 7.34. The summed E-state index contributed by atoms with van der Waals surface area (Å²) in [6.45, 7) is 6.03. The van der Waals surface area contributed by atoms with Crippen LogP contribution in [-0.2, 0) is 31.2 Å². The summed E-state index contributed by atoms with van der Waals surface area (Å²) in [4.78, 5) is 7.22. The van der Waals surface area contributed by atoms with Gasteiger partial charge in [-0.15, -0.1) is 24.0 Å². The maximum absolute atomic E-state index is 5.97. The van der Waals surface area contributed by atoms with Crippen molar-refractivity contribution >= 4 is 29.9 Å². The number of guanidine groups is 1. The third-order valence-electron chi connectivity index (χ3n) is 5.37. The van der Waals surface area contributed by atoms with Gasteiger partial charge in [-0.1, -0.05) is 18.2 Å². The second-order valence-corrected chi connectivity index (χ2v) is 7.38. The van der Waals surface area contributed by atoms with Crippen molar-refractivity contribution < 1.29 is 4.74 Å². The minimum Gasteiger partial charge on any atom is -0.370 e. The van der Waals surface area contributed by atoms with E-state index in [0.717, 1.165) is 31.2 Å². The third kappa shape index (κ3) is 4.86. The number of hydrogen-bond donors (Lipinski definition) is 1. The van der Waals surface area contributed by atoms with E-state index in [1.165, 1.54) is 36.0 Å². The van der Waals surface area contributed by atoms with Gasteiger partial charge in [0.15, 0.2) is 5.96 Å². The lowest BCUT2D eigenvalue weighted by molar-refractivity contribution is -0.00805. The fourth-order valence-corrected chi connectivity index (χ4v) is 3.97. The molecule has 0 spiro atoms. The van der Waals surface area contributed by atoms with Crippen molar-refractivity contribution in [2.45, 2.75) is 38.8 Å². The number of nitrogens with one attached hydrogen (secondary N) is 1. The number of hydrogen-bond acceptors (Lipinski definition) is 3. The molecule has 1 unspecified atom stereocenters. The SMILES string of the molecule is CCNC(=NCc1ccc2c(c1)CCC2)N1CCOC(c2cnn(C)c2)C1.I. The first-order chi connectivity index (χ1) is 13.2. The number of aliphatic imine (C=N–C) groups is 1. The van der Waals surface area contributed by atoms with E-state index in [-0.39, 0.29) is 30.1 Å². The van der Waals surface area contributed by atoms with Gasteiger partial charge in [-0.25, -0.2) is 4.99 Å². The maximum atomic E-state index is 5.97. The van der Waals surface area contributed by atoms with E-state index in [1.54, 1.807) is 0 Å². The van der Waals surface area contributed by atoms with Crippen molar-refractivity contribution in [3.63, 3.8) is 0 Å². The van der Waals surface area contributed by atoms with Crippen LogP contribution < -0.4 is 5.32 Å². The van der Waals surface area contributed by atoms with E-state index in [1.807, 2.05) is 24.1 Å². The number of aryl methyl sites for hydroxylation is 3. The molecule has 28 heavy (non-hydrogen) atoms. The normalized spacial score (nSPS) is 19.3. The average Bonchev–Trinajstić information content (AvgIpc) is 3.33. The van der Waals surface area contributed by atoms with Crippen molar-refractivity contribution in [2.75, 3.05) is 26.2 Å². The highest BCUT2D eigenvalue weighted by Crippen LogP contribution is 2.24. The monoisotopic (exact) mass is 495 g/mol. The number of benzene rings is 1. The highest BCUT2D eigenvalue weighted by atomic mass is 127. The Labute approximate surface area is 184 Å². The van der Waals surface area contributed by atoms with Crippen LogP contribution in [-0.4, -0.2) is 46.9 Å². The summed E-state index contributed by atoms with van der Waals surface area (Å²) in [5.41, 5.74) is 5.44. The van der Waals surface area contributed by atoms with Crippen LogP contribution in [0.5, 0.6) is 0 Å². The summed E-state index contributed by atoms with van der Waals surface area (Å²) in [7, 11) is 1.94. The molecule has 0 saturated carbocycles. The molecule has 0 amide bonds. The van der Waals surface area contributed by atoms with Crippen LogP contribution in [0.25, 0.3) is 0 Å². The smallest absolute Gasteiger partial charge is 0.194 e. The van der Waals surface area contributed by atoms with E-state index in [9.17, 15) is 0 Å². The van der Waals surface area contributed by atoms with Gasteiger partial charge in [-0.05, 0) is 42.9 Å². The second-order valence-electron chi connectivity index (χ2n) is 7.38. The van der Waals surface area contributed by atoms with E-state index < -0.39 is 0 Å². The summed E-state index contributed by atoms with van der Waals surface area (Å²) in [6.07, 6.45) is 7.69. The molecular weight excluding hydrogens is 465 g/mol. The van der Waals surface area contributed by atoms with Gasteiger partial charge in [0.25, 0.3) is 0 Å². The molecule has 6 nitrogen and oxygen atoms in total. The lowest BCUT2D eigenvalue weighted by Gasteiger charge is -2.34. The molecule has 1 aliphatic carbocycles. The number of ether oxygens (including phenoxy) is 1. The largest absolute Gasteiger partial charge is 0.370 e. The minimum atomic E-state index is 0. The number of halogens is 1. The van der Waals surface area contributed by atoms with Gasteiger partial charge in [0.1, 0.15) is 6.10 Å². The Balaban J connectivity index is 0.00000225. The molecule has 2 aliphatic rings. The van der Waals surface area contributed by atoms with Crippen molar-refractivity contribution in [2.24, 2.45) is 12.0 Å². The molecule has 1 aliphatic heterocycles. The highest BCUT2D eigenvalue weighted by Gasteiger charge is 2.25. The van der Waals surface area contributed by atoms with Gasteiger partial charge in [-0.3, -0.25) is 4.68 Å². The molecule has 7 heteroatoms. The van der Waals surface area contributed by atoms with Crippen molar-refractivity contribution in [3.8, 4) is 0 Å². The summed E-state index contributed by atoms with van der Waals surface area (Å²) in [5, 5.41) is 7.73. The van der Waals surface area contributed by atoms with Crippen LogP contribution in [0.1, 0.15) is 41.7 Å². The Morgan fingerprint density at radius 2 is 2.18 bits per heavy atom. The molecular formula is C21H30IN5O. The highest BCUT2D eigenvalue weighted by molar-refractivity contribution is 14.0. The number of morpholine rings is 1. The lowest BCUT2D eigenvalue weighted by Crippen LogP contribution is -2.48. The Morgan fingerprint density at radius 1 is 1.32 bits per heavy atom. The molecule has 152 valence electrons. The number of nitrogens with zero attached hydrogens (tertiary/aromatic N) is 4. The molecule has 2 aromatic rings. The molecule has 2 heterocycles. The van der Waals surface area contributed by atoms with Crippen LogP contribution in [0, 0.1) is 0 Å². The molecule has 0 radical (unpaired) electrons. The van der Waals surface area contributed by atoms with E-state index >= 15 is 0 Å². The molecule has 1 aromatic carbocycles. The van der Waals surface area contributed by atoms with Crippen LogP contribution >= 0.6 is 24.0 Å². The van der Waals surface area contributed by atoms with E-state index in [2.05, 4.69) is 40.4 Å². The maximum Gasteiger partial charge on any atom is 0.194 e. The van der Waals surface area contributed by atoms with Gasteiger partial charge in [0.2, 0.25) is 0 Å². The average molecular weight is 495 g/mol. The first-order valence-corrected chi connectivity index (χ1v) is 9.97. The van der Waals surface area contributed by atoms with Crippen LogP contribution in [0.3, 0.4) is 0 Å². The fraction of sp³-hybridized carbons (Fsp3) is 0.524. The molecule has 1 aromatic heterocycles. The number of fused-ring (bicyclic) bond motifs is 1.